The van der Waals surface area contributed by atoms with Gasteiger partial charge in [-0.2, -0.15) is 0 Å². The second-order valence-electron chi connectivity index (χ2n) is 3.54. The third-order valence-corrected chi connectivity index (χ3v) is 2.29. The van der Waals surface area contributed by atoms with Gasteiger partial charge in [0.15, 0.2) is 11.6 Å². The summed E-state index contributed by atoms with van der Waals surface area (Å²) < 4.78 is 44.5. The molecule has 0 spiro atoms. The molecule has 17 heavy (non-hydrogen) atoms. The van der Waals surface area contributed by atoms with E-state index in [0.717, 1.165) is 6.07 Å². The summed E-state index contributed by atoms with van der Waals surface area (Å²) in [6.45, 7) is 0.477. The van der Waals surface area contributed by atoms with E-state index in [0.29, 0.717) is 18.4 Å². The third-order valence-electron chi connectivity index (χ3n) is 2.29. The van der Waals surface area contributed by atoms with E-state index in [-0.39, 0.29) is 11.3 Å². The van der Waals surface area contributed by atoms with Crippen LogP contribution in [0.3, 0.4) is 0 Å². The van der Waals surface area contributed by atoms with Gasteiger partial charge in [0.2, 0.25) is 0 Å². The van der Waals surface area contributed by atoms with E-state index in [4.69, 9.17) is 4.42 Å². The molecule has 5 heteroatoms. The van der Waals surface area contributed by atoms with Gasteiger partial charge in [0.05, 0.1) is 12.1 Å². The number of nitrogens with one attached hydrogen (secondary N) is 1. The molecule has 2 nitrogen and oxygen atoms in total. The minimum absolute atomic E-state index is 0.0914. The molecule has 1 aromatic heterocycles. The van der Waals surface area contributed by atoms with E-state index >= 15 is 0 Å². The molecule has 90 valence electrons. The number of rotatable bonds is 3. The first-order valence-corrected chi connectivity index (χ1v) is 5.00. The van der Waals surface area contributed by atoms with Crippen molar-refractivity contribution in [1.82, 2.24) is 5.32 Å². The fourth-order valence-electron chi connectivity index (χ4n) is 1.50. The molecule has 0 fully saturated rings. The van der Waals surface area contributed by atoms with Gasteiger partial charge >= 0.3 is 0 Å². The van der Waals surface area contributed by atoms with Crippen LogP contribution in [0.2, 0.25) is 0 Å². The summed E-state index contributed by atoms with van der Waals surface area (Å²) in [4.78, 5) is 0. The molecule has 1 aromatic carbocycles. The Hall–Kier alpha value is -1.75. The van der Waals surface area contributed by atoms with Crippen molar-refractivity contribution in [3.63, 3.8) is 0 Å². The molecule has 0 radical (unpaired) electrons. The Morgan fingerprint density at radius 2 is 1.76 bits per heavy atom. The average Bonchev–Trinajstić information content (AvgIpc) is 2.72. The van der Waals surface area contributed by atoms with Crippen molar-refractivity contribution in [3.8, 4) is 11.3 Å². The standard InChI is InChI=1S/C12H10F3NO/c1-16-6-7-2-3-12(17-7)8-4-10(14)11(15)5-9(8)13/h2-5,16H,6H2,1H3. The van der Waals surface area contributed by atoms with Crippen LogP contribution in [-0.4, -0.2) is 7.05 Å². The molecule has 2 rings (SSSR count). The van der Waals surface area contributed by atoms with Gasteiger partial charge < -0.3 is 9.73 Å². The predicted octanol–water partition coefficient (Wildman–Crippen LogP) is 3.08. The lowest BCUT2D eigenvalue weighted by molar-refractivity contribution is 0.485. The second kappa shape index (κ2) is 4.63. The maximum atomic E-state index is 13.4. The highest BCUT2D eigenvalue weighted by Crippen LogP contribution is 2.26. The Morgan fingerprint density at radius 1 is 1.06 bits per heavy atom. The Kier molecular flexibility index (Phi) is 3.19. The molecule has 0 amide bonds. The summed E-state index contributed by atoms with van der Waals surface area (Å²) in [5, 5.41) is 2.86. The molecule has 0 aliphatic carbocycles. The highest BCUT2D eigenvalue weighted by molar-refractivity contribution is 5.58. The lowest BCUT2D eigenvalue weighted by Gasteiger charge is -2.01. The highest BCUT2D eigenvalue weighted by atomic mass is 19.2. The number of halogens is 3. The topological polar surface area (TPSA) is 25.2 Å². The van der Waals surface area contributed by atoms with Crippen molar-refractivity contribution in [2.75, 3.05) is 7.05 Å². The monoisotopic (exact) mass is 241 g/mol. The van der Waals surface area contributed by atoms with E-state index in [2.05, 4.69) is 5.32 Å². The zero-order chi connectivity index (χ0) is 12.4. The number of hydrogen-bond acceptors (Lipinski definition) is 2. The molecule has 1 N–H and O–H groups in total. The maximum absolute atomic E-state index is 13.4. The molecule has 0 saturated carbocycles. The molecule has 0 atom stereocenters. The molecular weight excluding hydrogens is 231 g/mol. The first-order chi connectivity index (χ1) is 8.11. The lowest BCUT2D eigenvalue weighted by atomic mass is 10.1. The summed E-state index contributed by atoms with van der Waals surface area (Å²) in [5.74, 6) is -2.41. The van der Waals surface area contributed by atoms with Crippen LogP contribution in [0.5, 0.6) is 0 Å². The van der Waals surface area contributed by atoms with Crippen LogP contribution in [0.25, 0.3) is 11.3 Å². The van der Waals surface area contributed by atoms with Crippen molar-refractivity contribution >= 4 is 0 Å². The zero-order valence-corrected chi connectivity index (χ0v) is 9.06. The first kappa shape index (κ1) is 11.7. The minimum Gasteiger partial charge on any atom is -0.460 e. The Balaban J connectivity index is 2.41. The SMILES string of the molecule is CNCc1ccc(-c2cc(F)c(F)cc2F)o1. The van der Waals surface area contributed by atoms with E-state index in [1.54, 1.807) is 13.1 Å². The van der Waals surface area contributed by atoms with Crippen molar-refractivity contribution in [2.24, 2.45) is 0 Å². The van der Waals surface area contributed by atoms with E-state index in [1.807, 2.05) is 0 Å². The van der Waals surface area contributed by atoms with Gasteiger partial charge in [-0.05, 0) is 25.2 Å². The Labute approximate surface area is 96.1 Å². The van der Waals surface area contributed by atoms with Gasteiger partial charge in [0.1, 0.15) is 17.3 Å². The van der Waals surface area contributed by atoms with Gasteiger partial charge in [-0.1, -0.05) is 0 Å². The van der Waals surface area contributed by atoms with Crippen LogP contribution in [0.1, 0.15) is 5.76 Å². The van der Waals surface area contributed by atoms with Crippen molar-refractivity contribution < 1.29 is 17.6 Å². The summed E-state index contributed by atoms with van der Waals surface area (Å²) in [6.07, 6.45) is 0. The molecule has 1 heterocycles. The van der Waals surface area contributed by atoms with Crippen LogP contribution < -0.4 is 5.32 Å². The van der Waals surface area contributed by atoms with Crippen molar-refractivity contribution in [1.29, 1.82) is 0 Å². The third kappa shape index (κ3) is 2.34. The van der Waals surface area contributed by atoms with E-state index < -0.39 is 17.5 Å². The maximum Gasteiger partial charge on any atom is 0.161 e. The van der Waals surface area contributed by atoms with Gasteiger partial charge in [-0.3, -0.25) is 0 Å². The van der Waals surface area contributed by atoms with Crippen LogP contribution in [0, 0.1) is 17.5 Å². The van der Waals surface area contributed by atoms with Gasteiger partial charge in [0.25, 0.3) is 0 Å². The number of benzene rings is 1. The largest absolute Gasteiger partial charge is 0.460 e. The van der Waals surface area contributed by atoms with E-state index in [9.17, 15) is 13.2 Å². The Morgan fingerprint density at radius 3 is 2.47 bits per heavy atom. The van der Waals surface area contributed by atoms with Crippen LogP contribution >= 0.6 is 0 Å². The normalized spacial score (nSPS) is 10.8. The van der Waals surface area contributed by atoms with Gasteiger partial charge in [-0.15, -0.1) is 0 Å². The van der Waals surface area contributed by atoms with Gasteiger partial charge in [0, 0.05) is 6.07 Å². The molecule has 0 aliphatic rings. The summed E-state index contributed by atoms with van der Waals surface area (Å²) in [7, 11) is 1.74. The number of hydrogen-bond donors (Lipinski definition) is 1. The minimum atomic E-state index is -1.21. The second-order valence-corrected chi connectivity index (χ2v) is 3.54. The summed E-state index contributed by atoms with van der Waals surface area (Å²) in [6, 6.07) is 4.45. The quantitative estimate of drug-likeness (QED) is 0.835. The summed E-state index contributed by atoms with van der Waals surface area (Å²) in [5.41, 5.74) is -0.0914. The Bertz CT molecular complexity index is 537. The number of furan rings is 1. The van der Waals surface area contributed by atoms with Crippen LogP contribution in [-0.2, 0) is 6.54 Å². The fraction of sp³-hybridized carbons (Fsp3) is 0.167. The zero-order valence-electron chi connectivity index (χ0n) is 9.06. The molecule has 2 aromatic rings. The van der Waals surface area contributed by atoms with Crippen molar-refractivity contribution in [3.05, 3.63) is 47.5 Å². The molecular formula is C12H10F3NO. The lowest BCUT2D eigenvalue weighted by Crippen LogP contribution is -2.03. The molecule has 0 saturated heterocycles. The predicted molar refractivity (Wildman–Crippen MR) is 56.8 cm³/mol. The fourth-order valence-corrected chi connectivity index (χ4v) is 1.50. The van der Waals surface area contributed by atoms with Crippen molar-refractivity contribution in [2.45, 2.75) is 6.54 Å². The molecule has 0 aliphatic heterocycles. The molecule has 0 bridgehead atoms. The smallest absolute Gasteiger partial charge is 0.161 e. The van der Waals surface area contributed by atoms with E-state index in [1.165, 1.54) is 6.07 Å². The highest BCUT2D eigenvalue weighted by Gasteiger charge is 2.14. The molecule has 0 unspecified atom stereocenters. The van der Waals surface area contributed by atoms with Crippen LogP contribution in [0.4, 0.5) is 13.2 Å². The summed E-state index contributed by atoms with van der Waals surface area (Å²) >= 11 is 0. The van der Waals surface area contributed by atoms with Crippen LogP contribution in [0.15, 0.2) is 28.7 Å². The average molecular weight is 241 g/mol. The van der Waals surface area contributed by atoms with Gasteiger partial charge in [-0.25, -0.2) is 13.2 Å². The first-order valence-electron chi connectivity index (χ1n) is 5.00.